The summed E-state index contributed by atoms with van der Waals surface area (Å²) in [6, 6.07) is 14.8. The van der Waals surface area contributed by atoms with Gasteiger partial charge >= 0.3 is 5.97 Å². The van der Waals surface area contributed by atoms with Crippen molar-refractivity contribution in [1.29, 1.82) is 0 Å². The van der Waals surface area contributed by atoms with E-state index in [-0.39, 0.29) is 11.7 Å². The number of ether oxygens (including phenoxy) is 2. The number of esters is 1. The van der Waals surface area contributed by atoms with Crippen LogP contribution in [0.1, 0.15) is 42.0 Å². The third-order valence-corrected chi connectivity index (χ3v) is 4.50. The first-order chi connectivity index (χ1) is 14.1. The van der Waals surface area contributed by atoms with Gasteiger partial charge in [-0.1, -0.05) is 18.2 Å². The molecule has 0 saturated heterocycles. The molecule has 2 aromatic carbocycles. The highest BCUT2D eigenvalue weighted by Crippen LogP contribution is 2.30. The van der Waals surface area contributed by atoms with Crippen molar-refractivity contribution in [3.63, 3.8) is 0 Å². The number of hydrogen-bond acceptors (Lipinski definition) is 7. The first kappa shape index (κ1) is 18.7. The zero-order valence-electron chi connectivity index (χ0n) is 16.3. The number of nitrogens with zero attached hydrogens (tertiary/aromatic N) is 2. The number of aryl methyl sites for hydroxylation is 1. The van der Waals surface area contributed by atoms with E-state index in [0.717, 1.165) is 16.7 Å². The smallest absolute Gasteiger partial charge is 0.375 e. The van der Waals surface area contributed by atoms with Crippen LogP contribution in [0.15, 0.2) is 57.4 Å². The molecule has 0 N–H and O–H groups in total. The van der Waals surface area contributed by atoms with Gasteiger partial charge in [-0.25, -0.2) is 4.79 Å². The average molecular weight is 392 g/mol. The highest BCUT2D eigenvalue weighted by Gasteiger charge is 2.24. The minimum absolute atomic E-state index is 0.142. The van der Waals surface area contributed by atoms with E-state index in [2.05, 4.69) is 10.2 Å². The summed E-state index contributed by atoms with van der Waals surface area (Å²) in [5.41, 5.74) is 2.08. The van der Waals surface area contributed by atoms with Crippen LogP contribution < -0.4 is 4.74 Å². The van der Waals surface area contributed by atoms with Crippen molar-refractivity contribution in [3.8, 4) is 17.2 Å². The quantitative estimate of drug-likeness (QED) is 0.421. The van der Waals surface area contributed by atoms with Crippen LogP contribution in [-0.4, -0.2) is 22.8 Å². The molecule has 148 valence electrons. The molecule has 0 saturated carbocycles. The number of rotatable bonds is 6. The van der Waals surface area contributed by atoms with Gasteiger partial charge in [0.05, 0.1) is 6.61 Å². The predicted molar refractivity (Wildman–Crippen MR) is 106 cm³/mol. The Morgan fingerprint density at radius 1 is 1.10 bits per heavy atom. The second-order valence-electron chi connectivity index (χ2n) is 6.51. The van der Waals surface area contributed by atoms with E-state index in [1.807, 2.05) is 50.2 Å². The molecule has 4 rings (SSSR count). The summed E-state index contributed by atoms with van der Waals surface area (Å²) in [7, 11) is 0. The van der Waals surface area contributed by atoms with Crippen LogP contribution >= 0.6 is 0 Å². The Kier molecular flexibility index (Phi) is 5.03. The van der Waals surface area contributed by atoms with E-state index in [9.17, 15) is 4.79 Å². The minimum atomic E-state index is -0.723. The predicted octanol–water partition coefficient (Wildman–Crippen LogP) is 5.11. The molecule has 0 radical (unpaired) electrons. The molecular formula is C22H20N2O5. The van der Waals surface area contributed by atoms with Crippen molar-refractivity contribution in [2.45, 2.75) is 26.9 Å². The molecule has 0 aliphatic carbocycles. The summed E-state index contributed by atoms with van der Waals surface area (Å²) >= 11 is 0. The lowest BCUT2D eigenvalue weighted by atomic mass is 10.1. The Bertz CT molecular complexity index is 1150. The van der Waals surface area contributed by atoms with E-state index in [4.69, 9.17) is 18.3 Å². The molecule has 0 fully saturated rings. The van der Waals surface area contributed by atoms with Crippen LogP contribution in [-0.2, 0) is 4.74 Å². The first-order valence-corrected chi connectivity index (χ1v) is 9.32. The van der Waals surface area contributed by atoms with Crippen molar-refractivity contribution in [2.24, 2.45) is 0 Å². The van der Waals surface area contributed by atoms with Crippen molar-refractivity contribution in [1.82, 2.24) is 10.2 Å². The number of hydrogen-bond donors (Lipinski definition) is 0. The lowest BCUT2D eigenvalue weighted by molar-refractivity contribution is 0.0245. The standard InChI is InChI=1S/C22H20N2O5/c1-4-26-16-10-11-18-17(12-16)13(2)19(28-18)22(25)27-14(3)20-23-24-21(29-20)15-8-6-5-7-9-15/h5-12,14H,4H2,1-3H3/t14-/m1/s1. The molecule has 29 heavy (non-hydrogen) atoms. The number of carbonyl (C=O) groups excluding carboxylic acids is 1. The highest BCUT2D eigenvalue weighted by atomic mass is 16.6. The van der Waals surface area contributed by atoms with Crippen LogP contribution in [0.5, 0.6) is 5.75 Å². The molecule has 0 amide bonds. The van der Waals surface area contributed by atoms with E-state index in [1.54, 1.807) is 19.1 Å². The normalized spacial score (nSPS) is 12.1. The van der Waals surface area contributed by atoms with Gasteiger partial charge in [-0.15, -0.1) is 10.2 Å². The highest BCUT2D eigenvalue weighted by molar-refractivity contribution is 5.96. The van der Waals surface area contributed by atoms with Crippen LogP contribution in [0.4, 0.5) is 0 Å². The first-order valence-electron chi connectivity index (χ1n) is 9.32. The molecule has 7 heteroatoms. The topological polar surface area (TPSA) is 87.6 Å². The van der Waals surface area contributed by atoms with Crippen molar-refractivity contribution < 1.29 is 23.1 Å². The van der Waals surface area contributed by atoms with Gasteiger partial charge in [0.2, 0.25) is 11.7 Å². The second kappa shape index (κ2) is 7.79. The molecule has 4 aromatic rings. The molecule has 2 aromatic heterocycles. The Labute approximate surface area is 167 Å². The van der Waals surface area contributed by atoms with E-state index in [1.165, 1.54) is 0 Å². The maximum Gasteiger partial charge on any atom is 0.375 e. The van der Waals surface area contributed by atoms with E-state index in [0.29, 0.717) is 23.6 Å². The third-order valence-electron chi connectivity index (χ3n) is 4.50. The summed E-state index contributed by atoms with van der Waals surface area (Å²) < 4.78 is 22.4. The molecule has 0 aliphatic rings. The number of furan rings is 1. The van der Waals surface area contributed by atoms with Crippen LogP contribution in [0.25, 0.3) is 22.4 Å². The Hall–Kier alpha value is -3.61. The number of carbonyl (C=O) groups is 1. The zero-order chi connectivity index (χ0) is 20.4. The minimum Gasteiger partial charge on any atom is -0.494 e. The largest absolute Gasteiger partial charge is 0.494 e. The molecule has 1 atom stereocenters. The fraction of sp³-hybridized carbons (Fsp3) is 0.227. The second-order valence-corrected chi connectivity index (χ2v) is 6.51. The summed E-state index contributed by atoms with van der Waals surface area (Å²) in [6.45, 7) is 5.95. The van der Waals surface area contributed by atoms with Crippen LogP contribution in [0.2, 0.25) is 0 Å². The van der Waals surface area contributed by atoms with Crippen molar-refractivity contribution in [2.75, 3.05) is 6.61 Å². The Balaban J connectivity index is 1.53. The fourth-order valence-electron chi connectivity index (χ4n) is 3.01. The monoisotopic (exact) mass is 392 g/mol. The van der Waals surface area contributed by atoms with Gasteiger partial charge in [0.25, 0.3) is 5.89 Å². The molecule has 0 unspecified atom stereocenters. The Morgan fingerprint density at radius 2 is 1.90 bits per heavy atom. The van der Waals surface area contributed by atoms with Gasteiger partial charge in [0.15, 0.2) is 6.10 Å². The van der Waals surface area contributed by atoms with Gasteiger partial charge < -0.3 is 18.3 Å². The van der Waals surface area contributed by atoms with Gasteiger partial charge in [0, 0.05) is 16.5 Å². The molecule has 7 nitrogen and oxygen atoms in total. The van der Waals surface area contributed by atoms with Gasteiger partial charge in [-0.05, 0) is 51.1 Å². The van der Waals surface area contributed by atoms with Crippen LogP contribution in [0, 0.1) is 6.92 Å². The lowest BCUT2D eigenvalue weighted by Gasteiger charge is -2.08. The SMILES string of the molecule is CCOc1ccc2oc(C(=O)O[C@H](C)c3nnc(-c4ccccc4)o3)c(C)c2c1. The Morgan fingerprint density at radius 3 is 2.66 bits per heavy atom. The van der Waals surface area contributed by atoms with Crippen molar-refractivity contribution in [3.05, 3.63) is 65.7 Å². The zero-order valence-corrected chi connectivity index (χ0v) is 16.3. The fourth-order valence-corrected chi connectivity index (χ4v) is 3.01. The average Bonchev–Trinajstić information content (AvgIpc) is 3.35. The van der Waals surface area contributed by atoms with Gasteiger partial charge in [-0.2, -0.15) is 0 Å². The van der Waals surface area contributed by atoms with Gasteiger partial charge in [-0.3, -0.25) is 0 Å². The van der Waals surface area contributed by atoms with E-state index >= 15 is 0 Å². The summed E-state index contributed by atoms with van der Waals surface area (Å²) in [5.74, 6) is 0.847. The maximum atomic E-state index is 12.7. The summed E-state index contributed by atoms with van der Waals surface area (Å²) in [6.07, 6.45) is -0.723. The van der Waals surface area contributed by atoms with Crippen LogP contribution in [0.3, 0.4) is 0 Å². The van der Waals surface area contributed by atoms with E-state index < -0.39 is 12.1 Å². The number of fused-ring (bicyclic) bond motifs is 1. The lowest BCUT2D eigenvalue weighted by Crippen LogP contribution is -2.09. The number of benzene rings is 2. The molecular weight excluding hydrogens is 372 g/mol. The molecule has 2 heterocycles. The molecule has 0 bridgehead atoms. The van der Waals surface area contributed by atoms with Gasteiger partial charge in [0.1, 0.15) is 11.3 Å². The molecule has 0 spiro atoms. The summed E-state index contributed by atoms with van der Waals surface area (Å²) in [4.78, 5) is 12.7. The van der Waals surface area contributed by atoms with Crippen molar-refractivity contribution >= 4 is 16.9 Å². The maximum absolute atomic E-state index is 12.7. The third kappa shape index (κ3) is 3.71. The summed E-state index contributed by atoms with van der Waals surface area (Å²) in [5, 5.41) is 8.82. The molecule has 0 aliphatic heterocycles. The number of aromatic nitrogens is 2.